The molecule has 0 aliphatic carbocycles. The predicted molar refractivity (Wildman–Crippen MR) is 149 cm³/mol. The van der Waals surface area contributed by atoms with E-state index in [4.69, 9.17) is 0 Å². The molecule has 3 aromatic rings. The number of carbonyl (C=O) groups is 2. The van der Waals surface area contributed by atoms with Gasteiger partial charge in [-0.3, -0.25) is 13.9 Å². The van der Waals surface area contributed by atoms with Gasteiger partial charge in [0.25, 0.3) is 10.0 Å². The van der Waals surface area contributed by atoms with Gasteiger partial charge in [-0.05, 0) is 56.2 Å². The van der Waals surface area contributed by atoms with Crippen LogP contribution in [0.4, 0.5) is 5.69 Å². The summed E-state index contributed by atoms with van der Waals surface area (Å²) in [6.07, 6.45) is 0.747. The second-order valence-corrected chi connectivity index (χ2v) is 11.6. The number of carbonyl (C=O) groups excluding carboxylic acids is 2. The van der Waals surface area contributed by atoms with Crippen LogP contribution in [-0.2, 0) is 26.2 Å². The van der Waals surface area contributed by atoms with Crippen LogP contribution in [0.3, 0.4) is 0 Å². The van der Waals surface area contributed by atoms with Crippen LogP contribution in [0.15, 0.2) is 94.3 Å². The molecule has 196 valence electrons. The Balaban J connectivity index is 2.00. The molecule has 0 aromatic heterocycles. The second kappa shape index (κ2) is 12.9. The van der Waals surface area contributed by atoms with Crippen LogP contribution in [0, 0.1) is 0 Å². The van der Waals surface area contributed by atoms with Gasteiger partial charge in [-0.25, -0.2) is 8.42 Å². The van der Waals surface area contributed by atoms with E-state index in [1.54, 1.807) is 49.4 Å². The third kappa shape index (κ3) is 7.42. The van der Waals surface area contributed by atoms with E-state index in [9.17, 15) is 18.0 Å². The van der Waals surface area contributed by atoms with Gasteiger partial charge in [0.15, 0.2) is 0 Å². The van der Waals surface area contributed by atoms with E-state index in [-0.39, 0.29) is 23.4 Å². The van der Waals surface area contributed by atoms with Crippen LogP contribution >= 0.6 is 15.9 Å². The lowest BCUT2D eigenvalue weighted by Crippen LogP contribution is -2.52. The summed E-state index contributed by atoms with van der Waals surface area (Å²) in [4.78, 5) is 28.3. The first-order valence-corrected chi connectivity index (χ1v) is 14.3. The van der Waals surface area contributed by atoms with Gasteiger partial charge in [0.2, 0.25) is 11.8 Å². The quantitative estimate of drug-likeness (QED) is 0.344. The normalized spacial score (nSPS) is 12.9. The van der Waals surface area contributed by atoms with E-state index in [1.165, 1.54) is 17.0 Å². The second-order valence-electron chi connectivity index (χ2n) is 8.81. The zero-order chi connectivity index (χ0) is 27.0. The Kier molecular flexibility index (Phi) is 9.88. The Bertz CT molecular complexity index is 1300. The first-order chi connectivity index (χ1) is 17.6. The van der Waals surface area contributed by atoms with E-state index >= 15 is 0 Å². The standard InChI is InChI=1S/C28H32BrN3O4S/c1-4-21(2)30-28(34)22(3)31(19-23-12-7-5-8-13-23)27(33)20-32(25-15-11-14-24(29)18-25)37(35,36)26-16-9-6-10-17-26/h5-18,21-22H,4,19-20H2,1-3H3,(H,30,34)/t21-,22+/m0/s1. The maximum Gasteiger partial charge on any atom is 0.264 e. The number of benzene rings is 3. The lowest BCUT2D eigenvalue weighted by molar-refractivity contribution is -0.139. The number of nitrogens with zero attached hydrogens (tertiary/aromatic N) is 2. The average Bonchev–Trinajstić information content (AvgIpc) is 2.90. The Morgan fingerprint density at radius 2 is 1.54 bits per heavy atom. The van der Waals surface area contributed by atoms with Crippen molar-refractivity contribution in [2.45, 2.75) is 50.7 Å². The summed E-state index contributed by atoms with van der Waals surface area (Å²) in [6.45, 7) is 5.21. The molecular formula is C28H32BrN3O4S. The molecule has 0 saturated heterocycles. The van der Waals surface area contributed by atoms with E-state index in [0.717, 1.165) is 16.3 Å². The van der Waals surface area contributed by atoms with Crippen molar-refractivity contribution in [1.29, 1.82) is 0 Å². The Hall–Kier alpha value is -3.17. The molecule has 37 heavy (non-hydrogen) atoms. The highest BCUT2D eigenvalue weighted by atomic mass is 79.9. The molecule has 7 nitrogen and oxygen atoms in total. The number of hydrogen-bond acceptors (Lipinski definition) is 4. The van der Waals surface area contributed by atoms with E-state index in [1.807, 2.05) is 44.2 Å². The summed E-state index contributed by atoms with van der Waals surface area (Å²) < 4.78 is 29.2. The van der Waals surface area contributed by atoms with E-state index in [2.05, 4.69) is 21.2 Å². The van der Waals surface area contributed by atoms with Crippen molar-refractivity contribution in [3.63, 3.8) is 0 Å². The maximum atomic E-state index is 13.8. The SMILES string of the molecule is CC[C@H](C)NC(=O)[C@@H](C)N(Cc1ccccc1)C(=O)CN(c1cccc(Br)c1)S(=O)(=O)c1ccccc1. The number of halogens is 1. The van der Waals surface area contributed by atoms with Crippen LogP contribution in [0.25, 0.3) is 0 Å². The third-order valence-electron chi connectivity index (χ3n) is 6.07. The zero-order valence-corrected chi connectivity index (χ0v) is 23.6. The molecule has 0 heterocycles. The molecule has 0 radical (unpaired) electrons. The zero-order valence-electron chi connectivity index (χ0n) is 21.2. The number of nitrogens with one attached hydrogen (secondary N) is 1. The third-order valence-corrected chi connectivity index (χ3v) is 8.35. The highest BCUT2D eigenvalue weighted by molar-refractivity contribution is 9.10. The highest BCUT2D eigenvalue weighted by Gasteiger charge is 2.32. The van der Waals surface area contributed by atoms with Crippen LogP contribution in [-0.4, -0.2) is 43.8 Å². The molecule has 0 unspecified atom stereocenters. The predicted octanol–water partition coefficient (Wildman–Crippen LogP) is 4.98. The van der Waals surface area contributed by atoms with Gasteiger partial charge < -0.3 is 10.2 Å². The summed E-state index contributed by atoms with van der Waals surface area (Å²) in [7, 11) is -4.08. The summed E-state index contributed by atoms with van der Waals surface area (Å²) >= 11 is 3.40. The fraction of sp³-hybridized carbons (Fsp3) is 0.286. The maximum absolute atomic E-state index is 13.8. The molecule has 2 atom stereocenters. The fourth-order valence-corrected chi connectivity index (χ4v) is 5.52. The van der Waals surface area contributed by atoms with Gasteiger partial charge in [0, 0.05) is 17.1 Å². The number of rotatable bonds is 11. The Labute approximate surface area is 227 Å². The minimum absolute atomic E-state index is 0.0553. The van der Waals surface area contributed by atoms with Crippen LogP contribution in [0.5, 0.6) is 0 Å². The van der Waals surface area contributed by atoms with Crippen molar-refractivity contribution in [1.82, 2.24) is 10.2 Å². The molecule has 3 rings (SSSR count). The number of amides is 2. The topological polar surface area (TPSA) is 86.8 Å². The molecule has 3 aromatic carbocycles. The van der Waals surface area contributed by atoms with Gasteiger partial charge in [-0.15, -0.1) is 0 Å². The summed E-state index contributed by atoms with van der Waals surface area (Å²) in [5.41, 5.74) is 1.17. The van der Waals surface area contributed by atoms with Crippen LogP contribution in [0.1, 0.15) is 32.8 Å². The smallest absolute Gasteiger partial charge is 0.264 e. The van der Waals surface area contributed by atoms with Gasteiger partial charge in [0.05, 0.1) is 10.6 Å². The first kappa shape index (κ1) is 28.4. The number of hydrogen-bond donors (Lipinski definition) is 1. The lowest BCUT2D eigenvalue weighted by atomic mass is 10.1. The number of sulfonamides is 1. The molecule has 0 fully saturated rings. The van der Waals surface area contributed by atoms with E-state index in [0.29, 0.717) is 10.2 Å². The monoisotopic (exact) mass is 585 g/mol. The molecule has 1 N–H and O–H groups in total. The molecule has 2 amide bonds. The van der Waals surface area contributed by atoms with E-state index < -0.39 is 28.5 Å². The largest absolute Gasteiger partial charge is 0.352 e. The van der Waals surface area contributed by atoms with Crippen molar-refractivity contribution >= 4 is 43.5 Å². The molecule has 0 aliphatic heterocycles. The molecule has 0 aliphatic rings. The van der Waals surface area contributed by atoms with Crippen LogP contribution in [0.2, 0.25) is 0 Å². The molecular weight excluding hydrogens is 554 g/mol. The van der Waals surface area contributed by atoms with Gasteiger partial charge in [-0.2, -0.15) is 0 Å². The average molecular weight is 587 g/mol. The fourth-order valence-electron chi connectivity index (χ4n) is 3.71. The summed E-state index contributed by atoms with van der Waals surface area (Å²) in [5, 5.41) is 2.93. The summed E-state index contributed by atoms with van der Waals surface area (Å²) in [6, 6.07) is 23.2. The number of anilines is 1. The molecule has 0 saturated carbocycles. The van der Waals surface area contributed by atoms with Crippen molar-refractivity contribution in [2.24, 2.45) is 0 Å². The highest BCUT2D eigenvalue weighted by Crippen LogP contribution is 2.27. The van der Waals surface area contributed by atoms with Crippen molar-refractivity contribution in [3.05, 3.63) is 95.0 Å². The lowest BCUT2D eigenvalue weighted by Gasteiger charge is -2.32. The van der Waals surface area contributed by atoms with Crippen LogP contribution < -0.4 is 9.62 Å². The molecule has 9 heteroatoms. The first-order valence-electron chi connectivity index (χ1n) is 12.1. The minimum Gasteiger partial charge on any atom is -0.352 e. The van der Waals surface area contributed by atoms with Crippen molar-refractivity contribution in [3.8, 4) is 0 Å². The summed E-state index contributed by atoms with van der Waals surface area (Å²) in [5.74, 6) is -0.784. The van der Waals surface area contributed by atoms with Gasteiger partial charge >= 0.3 is 0 Å². The van der Waals surface area contributed by atoms with Crippen molar-refractivity contribution in [2.75, 3.05) is 10.8 Å². The Morgan fingerprint density at radius 1 is 0.919 bits per heavy atom. The van der Waals surface area contributed by atoms with Gasteiger partial charge in [-0.1, -0.05) is 77.5 Å². The molecule has 0 spiro atoms. The van der Waals surface area contributed by atoms with Gasteiger partial charge in [0.1, 0.15) is 12.6 Å². The molecule has 0 bridgehead atoms. The minimum atomic E-state index is -4.08. The van der Waals surface area contributed by atoms with Crippen molar-refractivity contribution < 1.29 is 18.0 Å². The Morgan fingerprint density at radius 3 is 2.14 bits per heavy atom.